The molecule has 0 aromatic rings. The van der Waals surface area contributed by atoms with Crippen LogP contribution in [-0.2, 0) is 0 Å². The molecule has 1 rings (SSSR count). The van der Waals surface area contributed by atoms with E-state index in [-0.39, 0.29) is 0 Å². The third kappa shape index (κ3) is 2.90. The molecule has 0 aliphatic heterocycles. The first kappa shape index (κ1) is 10.3. The van der Waals surface area contributed by atoms with E-state index in [0.29, 0.717) is 5.92 Å². The van der Waals surface area contributed by atoms with E-state index in [9.17, 15) is 0 Å². The molecule has 0 nitrogen and oxygen atoms in total. The summed E-state index contributed by atoms with van der Waals surface area (Å²) < 4.78 is 0. The molecule has 1 fully saturated rings. The fourth-order valence-electron chi connectivity index (χ4n) is 1.91. The van der Waals surface area contributed by atoms with Crippen LogP contribution in [0.25, 0.3) is 0 Å². The maximum atomic E-state index is 4.04. The van der Waals surface area contributed by atoms with Crippen molar-refractivity contribution in [3.05, 3.63) is 29.5 Å². The van der Waals surface area contributed by atoms with Gasteiger partial charge in [-0.1, -0.05) is 25.5 Å². The highest BCUT2D eigenvalue weighted by atomic mass is 14.2. The second kappa shape index (κ2) is 5.09. The second-order valence-electron chi connectivity index (χ2n) is 3.95. The lowest BCUT2D eigenvalue weighted by atomic mass is 9.96. The number of unbranched alkanes of at least 4 members (excludes halogenated alkanes) is 1. The quantitative estimate of drug-likeness (QED) is 0.445. The molecule has 0 N–H and O–H groups in total. The Labute approximate surface area is 82.0 Å². The maximum Gasteiger partial charge on any atom is 0.00774 e. The van der Waals surface area contributed by atoms with Crippen LogP contribution in [0.3, 0.4) is 0 Å². The molecule has 0 aromatic carbocycles. The first-order valence-electron chi connectivity index (χ1n) is 5.35. The van der Waals surface area contributed by atoms with Crippen LogP contribution < -0.4 is 0 Å². The van der Waals surface area contributed by atoms with Crippen molar-refractivity contribution in [2.24, 2.45) is 5.92 Å². The molecular weight excluding hydrogens is 156 g/mol. The van der Waals surface area contributed by atoms with Gasteiger partial charge in [-0.2, -0.15) is 0 Å². The van der Waals surface area contributed by atoms with Crippen LogP contribution in [0, 0.1) is 5.92 Å². The van der Waals surface area contributed by atoms with E-state index in [1.165, 1.54) is 36.8 Å². The van der Waals surface area contributed by atoms with Gasteiger partial charge in [0.1, 0.15) is 0 Å². The van der Waals surface area contributed by atoms with E-state index in [1.54, 1.807) is 0 Å². The Morgan fingerprint density at radius 1 is 1.69 bits per heavy atom. The Morgan fingerprint density at radius 3 is 3.08 bits per heavy atom. The normalized spacial score (nSPS) is 21.4. The fourth-order valence-corrected chi connectivity index (χ4v) is 1.91. The molecule has 0 saturated heterocycles. The summed E-state index contributed by atoms with van der Waals surface area (Å²) in [5.74, 6) is 0.633. The molecule has 0 heterocycles. The smallest absolute Gasteiger partial charge is 0.00774 e. The van der Waals surface area contributed by atoms with Crippen LogP contribution >= 0.6 is 0 Å². The summed E-state index contributed by atoms with van der Waals surface area (Å²) in [6.07, 6.45) is 8.41. The Morgan fingerprint density at radius 2 is 2.46 bits per heavy atom. The third-order valence-corrected chi connectivity index (χ3v) is 2.67. The zero-order valence-corrected chi connectivity index (χ0v) is 8.90. The third-order valence-electron chi connectivity index (χ3n) is 2.67. The molecule has 0 spiro atoms. The minimum absolute atomic E-state index is 0.633. The molecule has 72 valence electrons. The average molecular weight is 176 g/mol. The van der Waals surface area contributed by atoms with Gasteiger partial charge in [0.05, 0.1) is 0 Å². The van der Waals surface area contributed by atoms with Crippen LogP contribution in [-0.4, -0.2) is 0 Å². The van der Waals surface area contributed by atoms with Crippen molar-refractivity contribution in [2.45, 2.75) is 46.0 Å². The SMILES string of the molecule is C=C(C)C1CCCC1=C=CCCC. The maximum absolute atomic E-state index is 4.04. The van der Waals surface area contributed by atoms with E-state index in [1.807, 2.05) is 0 Å². The van der Waals surface area contributed by atoms with Gasteiger partial charge in [-0.15, -0.1) is 5.73 Å². The van der Waals surface area contributed by atoms with Crippen LogP contribution in [0.2, 0.25) is 0 Å². The summed E-state index contributed by atoms with van der Waals surface area (Å²) in [4.78, 5) is 0. The lowest BCUT2D eigenvalue weighted by Crippen LogP contribution is -1.95. The van der Waals surface area contributed by atoms with Crippen LogP contribution in [0.1, 0.15) is 46.0 Å². The zero-order chi connectivity index (χ0) is 9.68. The molecule has 13 heavy (non-hydrogen) atoms. The standard InChI is InChI=1S/C13H20/c1-4-5-6-8-12-9-7-10-13(12)11(2)3/h6,13H,2,4-5,7,9-10H2,1,3H3. The first-order valence-corrected chi connectivity index (χ1v) is 5.35. The van der Waals surface area contributed by atoms with Gasteiger partial charge in [0.15, 0.2) is 0 Å². The zero-order valence-electron chi connectivity index (χ0n) is 8.90. The Bertz CT molecular complexity index is 239. The van der Waals surface area contributed by atoms with E-state index < -0.39 is 0 Å². The van der Waals surface area contributed by atoms with E-state index >= 15 is 0 Å². The summed E-state index contributed by atoms with van der Waals surface area (Å²) in [7, 11) is 0. The van der Waals surface area contributed by atoms with Crippen molar-refractivity contribution in [3.8, 4) is 0 Å². The molecule has 1 aliphatic rings. The minimum Gasteiger partial charge on any atom is -0.125 e. The molecule has 1 unspecified atom stereocenters. The summed E-state index contributed by atoms with van der Waals surface area (Å²) in [5.41, 5.74) is 6.24. The van der Waals surface area contributed by atoms with Crippen LogP contribution in [0.5, 0.6) is 0 Å². The predicted octanol–water partition coefficient (Wildman–Crippen LogP) is 4.24. The van der Waals surface area contributed by atoms with Gasteiger partial charge in [0.2, 0.25) is 0 Å². The topological polar surface area (TPSA) is 0 Å². The largest absolute Gasteiger partial charge is 0.125 e. The van der Waals surface area contributed by atoms with Crippen LogP contribution in [0.4, 0.5) is 0 Å². The van der Waals surface area contributed by atoms with E-state index in [2.05, 4.69) is 32.2 Å². The molecule has 0 radical (unpaired) electrons. The van der Waals surface area contributed by atoms with Gasteiger partial charge in [-0.3, -0.25) is 0 Å². The Hall–Kier alpha value is -0.740. The monoisotopic (exact) mass is 176 g/mol. The van der Waals surface area contributed by atoms with Gasteiger partial charge in [-0.05, 0) is 44.3 Å². The number of rotatable bonds is 3. The minimum atomic E-state index is 0.633. The van der Waals surface area contributed by atoms with Crippen molar-refractivity contribution >= 4 is 0 Å². The van der Waals surface area contributed by atoms with Crippen molar-refractivity contribution < 1.29 is 0 Å². The molecule has 1 saturated carbocycles. The molecule has 0 bridgehead atoms. The fraction of sp³-hybridized carbons (Fsp3) is 0.615. The highest BCUT2D eigenvalue weighted by molar-refractivity contribution is 5.20. The lowest BCUT2D eigenvalue weighted by Gasteiger charge is -2.08. The summed E-state index contributed by atoms with van der Waals surface area (Å²) in [6, 6.07) is 0. The summed E-state index contributed by atoms with van der Waals surface area (Å²) >= 11 is 0. The molecule has 1 aliphatic carbocycles. The van der Waals surface area contributed by atoms with Gasteiger partial charge >= 0.3 is 0 Å². The molecule has 0 heteroatoms. The molecule has 1 atom stereocenters. The van der Waals surface area contributed by atoms with Gasteiger partial charge in [0, 0.05) is 5.92 Å². The van der Waals surface area contributed by atoms with E-state index in [4.69, 9.17) is 0 Å². The van der Waals surface area contributed by atoms with Crippen molar-refractivity contribution in [1.29, 1.82) is 0 Å². The van der Waals surface area contributed by atoms with Gasteiger partial charge < -0.3 is 0 Å². The highest BCUT2D eigenvalue weighted by Gasteiger charge is 2.20. The molecule has 0 aromatic heterocycles. The molecule has 0 amide bonds. The first-order chi connectivity index (χ1) is 6.25. The molecular formula is C13H20. The van der Waals surface area contributed by atoms with Gasteiger partial charge in [-0.25, -0.2) is 0 Å². The second-order valence-corrected chi connectivity index (χ2v) is 3.95. The van der Waals surface area contributed by atoms with Crippen molar-refractivity contribution in [3.63, 3.8) is 0 Å². The van der Waals surface area contributed by atoms with Crippen molar-refractivity contribution in [2.75, 3.05) is 0 Å². The summed E-state index contributed by atoms with van der Waals surface area (Å²) in [6.45, 7) is 8.38. The number of hydrogen-bond acceptors (Lipinski definition) is 0. The average Bonchev–Trinajstić information content (AvgIpc) is 2.53. The number of allylic oxidation sites excluding steroid dienone is 2. The number of hydrogen-bond donors (Lipinski definition) is 0. The summed E-state index contributed by atoms with van der Waals surface area (Å²) in [5, 5.41) is 0. The van der Waals surface area contributed by atoms with Gasteiger partial charge in [0.25, 0.3) is 0 Å². The van der Waals surface area contributed by atoms with Crippen LogP contribution in [0.15, 0.2) is 29.5 Å². The highest BCUT2D eigenvalue weighted by Crippen LogP contribution is 2.34. The Balaban J connectivity index is 2.67. The lowest BCUT2D eigenvalue weighted by molar-refractivity contribution is 0.726. The Kier molecular flexibility index (Phi) is 4.05. The van der Waals surface area contributed by atoms with E-state index in [0.717, 1.165) is 6.42 Å². The van der Waals surface area contributed by atoms with Crippen molar-refractivity contribution in [1.82, 2.24) is 0 Å². The predicted molar refractivity (Wildman–Crippen MR) is 58.7 cm³/mol.